The molecule has 5 unspecified atom stereocenters. The lowest BCUT2D eigenvalue weighted by Crippen LogP contribution is -2.47. The van der Waals surface area contributed by atoms with E-state index in [0.717, 1.165) is 12.7 Å². The molecule has 0 radical (unpaired) electrons. The number of aldehydes is 1. The zero-order valence-electron chi connectivity index (χ0n) is 21.6. The molecule has 9 heteroatoms. The maximum atomic E-state index is 11.9. The van der Waals surface area contributed by atoms with Crippen molar-refractivity contribution in [2.24, 2.45) is 23.7 Å². The van der Waals surface area contributed by atoms with E-state index in [1.54, 1.807) is 14.0 Å². The summed E-state index contributed by atoms with van der Waals surface area (Å²) in [5.74, 6) is 0.0636. The Morgan fingerprint density at radius 2 is 1.67 bits per heavy atom. The van der Waals surface area contributed by atoms with Crippen LogP contribution in [0.15, 0.2) is 0 Å². The Morgan fingerprint density at radius 1 is 1.06 bits per heavy atom. The van der Waals surface area contributed by atoms with Gasteiger partial charge in [-0.1, -0.05) is 34.6 Å². The minimum absolute atomic E-state index is 0.143. The zero-order chi connectivity index (χ0) is 25.8. The fourth-order valence-electron chi connectivity index (χ4n) is 4.99. The highest BCUT2D eigenvalue weighted by Gasteiger charge is 2.39. The summed E-state index contributed by atoms with van der Waals surface area (Å²) < 4.78 is 16.1. The summed E-state index contributed by atoms with van der Waals surface area (Å²) in [6.45, 7) is 12.0. The van der Waals surface area contributed by atoms with Crippen LogP contribution >= 0.6 is 0 Å². The van der Waals surface area contributed by atoms with E-state index in [1.165, 1.54) is 12.0 Å². The van der Waals surface area contributed by atoms with Crippen molar-refractivity contribution in [1.82, 2.24) is 4.90 Å². The number of amides is 1. The Labute approximate surface area is 198 Å². The maximum absolute atomic E-state index is 11.9. The zero-order valence-corrected chi connectivity index (χ0v) is 21.6. The number of carbonyl (C=O) groups excluding carboxylic acids is 1. The Kier molecular flexibility index (Phi) is 14.3. The molecule has 0 rings (SSSR count). The number of rotatable bonds is 17. The van der Waals surface area contributed by atoms with Crippen molar-refractivity contribution in [2.45, 2.75) is 85.0 Å². The van der Waals surface area contributed by atoms with Crippen molar-refractivity contribution in [3.63, 3.8) is 0 Å². The summed E-state index contributed by atoms with van der Waals surface area (Å²) >= 11 is 0. The van der Waals surface area contributed by atoms with E-state index in [2.05, 4.69) is 6.92 Å². The average Bonchev–Trinajstić information content (AvgIpc) is 2.70. The fraction of sp³-hybridized carbons (Fsp3) is 0.875. The van der Waals surface area contributed by atoms with Crippen LogP contribution in [0.1, 0.15) is 67.2 Å². The maximum Gasteiger partial charge on any atom is 0.506 e. The molecule has 33 heavy (non-hydrogen) atoms. The van der Waals surface area contributed by atoms with E-state index >= 15 is 0 Å². The van der Waals surface area contributed by atoms with E-state index in [4.69, 9.17) is 14.2 Å². The molecule has 0 aliphatic rings. The molecule has 0 heterocycles. The van der Waals surface area contributed by atoms with Crippen LogP contribution in [0, 0.1) is 23.7 Å². The molecule has 0 aromatic heterocycles. The van der Waals surface area contributed by atoms with Gasteiger partial charge in [-0.15, -0.1) is 0 Å². The molecule has 0 saturated heterocycles. The van der Waals surface area contributed by atoms with Gasteiger partial charge in [0.25, 0.3) is 0 Å². The predicted octanol–water partition coefficient (Wildman–Crippen LogP) is 4.77. The van der Waals surface area contributed by atoms with Crippen LogP contribution in [0.5, 0.6) is 0 Å². The first-order valence-corrected chi connectivity index (χ1v) is 11.8. The van der Waals surface area contributed by atoms with Gasteiger partial charge >= 0.3 is 12.2 Å². The highest BCUT2D eigenvalue weighted by Crippen LogP contribution is 2.30. The Balaban J connectivity index is 5.04. The normalized spacial score (nSPS) is 18.8. The summed E-state index contributed by atoms with van der Waals surface area (Å²) in [6.07, 6.45) is 0.305. The number of hydrogen-bond acceptors (Lipinski definition) is 6. The van der Waals surface area contributed by atoms with Gasteiger partial charge in [0.2, 0.25) is 0 Å². The number of carboxylic acid groups (broad SMARTS) is 2. The van der Waals surface area contributed by atoms with Crippen molar-refractivity contribution in [3.05, 3.63) is 0 Å². The fourth-order valence-corrected chi connectivity index (χ4v) is 4.99. The summed E-state index contributed by atoms with van der Waals surface area (Å²) in [4.78, 5) is 35.6. The van der Waals surface area contributed by atoms with Crippen LogP contribution < -0.4 is 0 Å². The molecule has 0 aliphatic carbocycles. The van der Waals surface area contributed by atoms with Crippen LogP contribution in [0.3, 0.4) is 0 Å². The number of carbonyl (C=O) groups is 3. The van der Waals surface area contributed by atoms with Crippen LogP contribution in [0.25, 0.3) is 0 Å². The molecule has 194 valence electrons. The lowest BCUT2D eigenvalue weighted by molar-refractivity contribution is -0.116. The van der Waals surface area contributed by atoms with Crippen LogP contribution in [0.2, 0.25) is 0 Å². The van der Waals surface area contributed by atoms with Gasteiger partial charge < -0.3 is 34.1 Å². The highest BCUT2D eigenvalue weighted by molar-refractivity contribution is 5.64. The van der Waals surface area contributed by atoms with E-state index in [0.29, 0.717) is 25.8 Å². The molecule has 0 aromatic carbocycles. The topological polar surface area (TPSA) is 123 Å². The Bertz CT molecular complexity index is 597. The van der Waals surface area contributed by atoms with Gasteiger partial charge in [-0.2, -0.15) is 0 Å². The average molecular weight is 476 g/mol. The predicted molar refractivity (Wildman–Crippen MR) is 126 cm³/mol. The second-order valence-corrected chi connectivity index (χ2v) is 9.65. The third-order valence-electron chi connectivity index (χ3n) is 6.45. The van der Waals surface area contributed by atoms with Gasteiger partial charge in [-0.05, 0) is 50.4 Å². The van der Waals surface area contributed by atoms with E-state index < -0.39 is 24.0 Å². The molecule has 0 aromatic rings. The van der Waals surface area contributed by atoms with Crippen molar-refractivity contribution < 1.29 is 38.8 Å². The van der Waals surface area contributed by atoms with Crippen molar-refractivity contribution in [3.8, 4) is 0 Å². The van der Waals surface area contributed by atoms with Gasteiger partial charge in [0, 0.05) is 33.2 Å². The lowest BCUT2D eigenvalue weighted by atomic mass is 9.85. The monoisotopic (exact) mass is 475 g/mol. The first-order chi connectivity index (χ1) is 15.3. The largest absolute Gasteiger partial charge is 0.506 e. The van der Waals surface area contributed by atoms with Gasteiger partial charge in [0.1, 0.15) is 11.9 Å². The lowest BCUT2D eigenvalue weighted by Gasteiger charge is -2.37. The number of methoxy groups -OCH3 is 2. The molecule has 9 nitrogen and oxygen atoms in total. The van der Waals surface area contributed by atoms with Crippen LogP contribution in [-0.4, -0.2) is 78.8 Å². The number of ether oxygens (including phenoxy) is 3. The smallest absolute Gasteiger partial charge is 0.465 e. The second-order valence-electron chi connectivity index (χ2n) is 9.65. The molecular weight excluding hydrogens is 430 g/mol. The van der Waals surface area contributed by atoms with E-state index in [1.807, 2.05) is 27.7 Å². The van der Waals surface area contributed by atoms with E-state index in [-0.39, 0.29) is 36.3 Å². The third-order valence-corrected chi connectivity index (χ3v) is 6.45. The van der Waals surface area contributed by atoms with Crippen LogP contribution in [0.4, 0.5) is 9.59 Å². The quantitative estimate of drug-likeness (QED) is 0.228. The van der Waals surface area contributed by atoms with Gasteiger partial charge in [0.05, 0.1) is 12.2 Å². The number of hydrogen-bond donors (Lipinski definition) is 2. The first kappa shape index (κ1) is 31.1. The molecule has 2 N–H and O–H groups in total. The van der Waals surface area contributed by atoms with Crippen LogP contribution in [-0.2, 0) is 19.0 Å². The first-order valence-electron chi connectivity index (χ1n) is 11.8. The third kappa shape index (κ3) is 10.7. The standard InChI is InChI=1S/C24H45NO8/c1-9-20(31-7)24(6,33-23(29)30)13-17(3)14-25(22(27)28)11-10-16(2)12-18(4)21(32-8)19(5)15-26/h15-21H,9-14H2,1-8H3,(H,27,28)(H,29,30)/t16?,17-,18?,19?,20?,21?,24+/m1/s1. The highest BCUT2D eigenvalue weighted by atomic mass is 16.7. The molecule has 7 atom stereocenters. The minimum Gasteiger partial charge on any atom is -0.465 e. The molecule has 0 bridgehead atoms. The Hall–Kier alpha value is -1.87. The summed E-state index contributed by atoms with van der Waals surface area (Å²) in [5, 5.41) is 18.9. The minimum atomic E-state index is -1.38. The summed E-state index contributed by atoms with van der Waals surface area (Å²) in [7, 11) is 3.12. The van der Waals surface area contributed by atoms with Crippen molar-refractivity contribution >= 4 is 18.5 Å². The molecular formula is C24H45NO8. The molecule has 0 saturated carbocycles. The summed E-state index contributed by atoms with van der Waals surface area (Å²) in [6, 6.07) is 0. The molecule has 0 fully saturated rings. The molecule has 1 amide bonds. The second kappa shape index (κ2) is 15.1. The molecule has 0 aliphatic heterocycles. The van der Waals surface area contributed by atoms with Crippen molar-refractivity contribution in [2.75, 3.05) is 27.3 Å². The number of nitrogens with zero attached hydrogens (tertiary/aromatic N) is 1. The SMILES string of the molecule is CCC(OC)[C@](C)(C[C@@H](C)CN(CCC(C)CC(C)C(OC)C(C)C=O)C(=O)O)OC(=O)O. The van der Waals surface area contributed by atoms with Gasteiger partial charge in [0.15, 0.2) is 0 Å². The van der Waals surface area contributed by atoms with Gasteiger partial charge in [-0.3, -0.25) is 0 Å². The van der Waals surface area contributed by atoms with E-state index in [9.17, 15) is 24.6 Å². The Morgan fingerprint density at radius 3 is 2.09 bits per heavy atom. The van der Waals surface area contributed by atoms with Crippen molar-refractivity contribution in [1.29, 1.82) is 0 Å². The molecule has 0 spiro atoms. The van der Waals surface area contributed by atoms with Gasteiger partial charge in [-0.25, -0.2) is 9.59 Å². The summed E-state index contributed by atoms with van der Waals surface area (Å²) in [5.41, 5.74) is -1.08.